The van der Waals surface area contributed by atoms with Gasteiger partial charge >= 0.3 is 0 Å². The van der Waals surface area contributed by atoms with E-state index in [9.17, 15) is 0 Å². The van der Waals surface area contributed by atoms with Gasteiger partial charge in [-0.1, -0.05) is 46.4 Å². The van der Waals surface area contributed by atoms with Gasteiger partial charge in [-0.2, -0.15) is 0 Å². The molecule has 0 amide bonds. The maximum atomic E-state index is 3.24. The van der Waals surface area contributed by atoms with E-state index >= 15 is 0 Å². The zero-order chi connectivity index (χ0) is 9.68. The van der Waals surface area contributed by atoms with Crippen LogP contribution in [0.25, 0.3) is 10.9 Å². The van der Waals surface area contributed by atoms with Crippen molar-refractivity contribution in [1.29, 1.82) is 0 Å². The van der Waals surface area contributed by atoms with Crippen LogP contribution in [-0.4, -0.2) is 4.98 Å². The van der Waals surface area contributed by atoms with Crippen molar-refractivity contribution in [2.45, 2.75) is 34.6 Å². The smallest absolute Gasteiger partial charge is 0.0456 e. The van der Waals surface area contributed by atoms with Gasteiger partial charge in [0, 0.05) is 17.1 Å². The third kappa shape index (κ3) is 2.38. The molecule has 1 nitrogen and oxygen atoms in total. The van der Waals surface area contributed by atoms with Crippen LogP contribution in [0.1, 0.15) is 33.8 Å². The van der Waals surface area contributed by atoms with Crippen molar-refractivity contribution < 1.29 is 0 Å². The Morgan fingerprint density at radius 2 is 1.79 bits per heavy atom. The first-order valence-corrected chi connectivity index (χ1v) is 4.97. The third-order valence-electron chi connectivity index (χ3n) is 2.06. The minimum Gasteiger partial charge on any atom is -0.361 e. The maximum absolute atomic E-state index is 3.24. The van der Waals surface area contributed by atoms with Crippen LogP contribution in [0.5, 0.6) is 0 Å². The molecule has 0 aliphatic carbocycles. The standard InChI is InChI=1S/C10H11N.C2H6.CH4/c1-2-8-7-11-10-6-4-3-5-9(8)10;1-2;/h3-7,11H,2H2,1H3;1-2H3;1H4. The average molecular weight is 191 g/mol. The van der Waals surface area contributed by atoms with Gasteiger partial charge in [-0.3, -0.25) is 0 Å². The van der Waals surface area contributed by atoms with E-state index in [1.54, 1.807) is 0 Å². The third-order valence-corrected chi connectivity index (χ3v) is 2.06. The van der Waals surface area contributed by atoms with Crippen LogP contribution < -0.4 is 0 Å². The predicted molar refractivity (Wildman–Crippen MR) is 65.8 cm³/mol. The summed E-state index contributed by atoms with van der Waals surface area (Å²) in [5.41, 5.74) is 2.64. The first kappa shape index (κ1) is 12.8. The molecule has 0 unspecified atom stereocenters. The molecule has 2 rings (SSSR count). The Kier molecular flexibility index (Phi) is 5.70. The number of aromatic nitrogens is 1. The summed E-state index contributed by atoms with van der Waals surface area (Å²) < 4.78 is 0. The summed E-state index contributed by atoms with van der Waals surface area (Å²) in [5.74, 6) is 0. The Hall–Kier alpha value is -1.24. The molecule has 0 aliphatic rings. The second kappa shape index (κ2) is 6.25. The largest absolute Gasteiger partial charge is 0.361 e. The number of aryl methyl sites for hydroxylation is 1. The van der Waals surface area contributed by atoms with Crippen molar-refractivity contribution in [3.8, 4) is 0 Å². The van der Waals surface area contributed by atoms with Gasteiger partial charge in [0.1, 0.15) is 0 Å². The highest BCUT2D eigenvalue weighted by Crippen LogP contribution is 2.17. The number of hydrogen-bond donors (Lipinski definition) is 1. The van der Waals surface area contributed by atoms with E-state index in [1.807, 2.05) is 13.8 Å². The molecule has 0 saturated heterocycles. The minimum absolute atomic E-state index is 0. The number of nitrogens with one attached hydrogen (secondary N) is 1. The molecule has 0 spiro atoms. The minimum atomic E-state index is 0. The quantitative estimate of drug-likeness (QED) is 0.688. The molecular weight excluding hydrogens is 170 g/mol. The van der Waals surface area contributed by atoms with Crippen LogP contribution in [0, 0.1) is 0 Å². The highest BCUT2D eigenvalue weighted by Gasteiger charge is 1.97. The molecular formula is C13H21N. The highest BCUT2D eigenvalue weighted by atomic mass is 14.7. The van der Waals surface area contributed by atoms with Gasteiger partial charge in [0.25, 0.3) is 0 Å². The SMILES string of the molecule is C.CC.CCc1c[nH]c2ccccc12. The molecule has 1 aromatic carbocycles. The molecule has 1 aromatic heterocycles. The summed E-state index contributed by atoms with van der Waals surface area (Å²) in [6.45, 7) is 6.18. The Balaban J connectivity index is 0.000000531. The number of hydrogen-bond acceptors (Lipinski definition) is 0. The first-order valence-electron chi connectivity index (χ1n) is 4.97. The number of fused-ring (bicyclic) bond motifs is 1. The van der Waals surface area contributed by atoms with Gasteiger partial charge in [0.15, 0.2) is 0 Å². The van der Waals surface area contributed by atoms with Crippen molar-refractivity contribution in [3.63, 3.8) is 0 Å². The van der Waals surface area contributed by atoms with E-state index in [0.717, 1.165) is 6.42 Å². The van der Waals surface area contributed by atoms with Gasteiger partial charge in [-0.15, -0.1) is 0 Å². The molecule has 0 bridgehead atoms. The summed E-state index contributed by atoms with van der Waals surface area (Å²) >= 11 is 0. The van der Waals surface area contributed by atoms with Gasteiger partial charge in [-0.25, -0.2) is 0 Å². The summed E-state index contributed by atoms with van der Waals surface area (Å²) in [7, 11) is 0. The normalized spacial score (nSPS) is 8.79. The highest BCUT2D eigenvalue weighted by molar-refractivity contribution is 5.82. The summed E-state index contributed by atoms with van der Waals surface area (Å²) in [5, 5.41) is 1.36. The van der Waals surface area contributed by atoms with Gasteiger partial charge in [-0.05, 0) is 18.1 Å². The topological polar surface area (TPSA) is 15.8 Å². The van der Waals surface area contributed by atoms with Gasteiger partial charge in [0.2, 0.25) is 0 Å². The molecule has 78 valence electrons. The molecule has 1 heteroatoms. The molecule has 0 atom stereocenters. The van der Waals surface area contributed by atoms with Crippen molar-refractivity contribution in [3.05, 3.63) is 36.0 Å². The van der Waals surface area contributed by atoms with Crippen LogP contribution in [-0.2, 0) is 6.42 Å². The van der Waals surface area contributed by atoms with Crippen LogP contribution in [0.2, 0.25) is 0 Å². The molecule has 14 heavy (non-hydrogen) atoms. The Morgan fingerprint density at radius 3 is 2.43 bits per heavy atom. The molecule has 0 fully saturated rings. The zero-order valence-corrected chi connectivity index (χ0v) is 8.59. The Bertz CT molecular complexity index is 360. The predicted octanol–water partition coefficient (Wildman–Crippen LogP) is 4.39. The summed E-state index contributed by atoms with van der Waals surface area (Å²) in [6, 6.07) is 8.40. The molecule has 0 aliphatic heterocycles. The Morgan fingerprint density at radius 1 is 1.14 bits per heavy atom. The lowest BCUT2D eigenvalue weighted by molar-refractivity contribution is 1.15. The molecule has 1 N–H and O–H groups in total. The van der Waals surface area contributed by atoms with E-state index in [0.29, 0.717) is 0 Å². The van der Waals surface area contributed by atoms with Gasteiger partial charge in [0.05, 0.1) is 0 Å². The number of para-hydroxylation sites is 1. The van der Waals surface area contributed by atoms with E-state index < -0.39 is 0 Å². The number of H-pyrrole nitrogens is 1. The summed E-state index contributed by atoms with van der Waals surface area (Å²) in [4.78, 5) is 3.24. The van der Waals surface area contributed by atoms with Crippen LogP contribution in [0.3, 0.4) is 0 Å². The second-order valence-electron chi connectivity index (χ2n) is 2.71. The average Bonchev–Trinajstić information content (AvgIpc) is 2.64. The van der Waals surface area contributed by atoms with Gasteiger partial charge < -0.3 is 4.98 Å². The monoisotopic (exact) mass is 191 g/mol. The van der Waals surface area contributed by atoms with E-state index in [1.165, 1.54) is 16.5 Å². The van der Waals surface area contributed by atoms with E-state index in [-0.39, 0.29) is 7.43 Å². The van der Waals surface area contributed by atoms with E-state index in [4.69, 9.17) is 0 Å². The number of rotatable bonds is 1. The fraction of sp³-hybridized carbons (Fsp3) is 0.385. The van der Waals surface area contributed by atoms with E-state index in [2.05, 4.69) is 42.4 Å². The van der Waals surface area contributed by atoms with Crippen LogP contribution in [0.15, 0.2) is 30.5 Å². The fourth-order valence-electron chi connectivity index (χ4n) is 1.42. The lowest BCUT2D eigenvalue weighted by atomic mass is 10.1. The van der Waals surface area contributed by atoms with Crippen molar-refractivity contribution in [2.24, 2.45) is 0 Å². The zero-order valence-electron chi connectivity index (χ0n) is 8.59. The number of benzene rings is 1. The molecule has 0 saturated carbocycles. The van der Waals surface area contributed by atoms with Crippen LogP contribution >= 0.6 is 0 Å². The van der Waals surface area contributed by atoms with Crippen molar-refractivity contribution in [2.75, 3.05) is 0 Å². The fourth-order valence-corrected chi connectivity index (χ4v) is 1.42. The number of aromatic amines is 1. The Labute approximate surface area is 87.2 Å². The molecule has 1 heterocycles. The summed E-state index contributed by atoms with van der Waals surface area (Å²) in [6.07, 6.45) is 3.19. The van der Waals surface area contributed by atoms with Crippen molar-refractivity contribution >= 4 is 10.9 Å². The lowest BCUT2D eigenvalue weighted by Gasteiger charge is -1.90. The van der Waals surface area contributed by atoms with Crippen LogP contribution in [0.4, 0.5) is 0 Å². The first-order chi connectivity index (χ1) is 6.42. The van der Waals surface area contributed by atoms with Crippen molar-refractivity contribution in [1.82, 2.24) is 4.98 Å². The molecule has 2 aromatic rings. The maximum Gasteiger partial charge on any atom is 0.0456 e. The lowest BCUT2D eigenvalue weighted by Crippen LogP contribution is -1.72. The molecule has 0 radical (unpaired) electrons. The second-order valence-corrected chi connectivity index (χ2v) is 2.71.